The van der Waals surface area contributed by atoms with E-state index in [2.05, 4.69) is 10.3 Å². The fourth-order valence-corrected chi connectivity index (χ4v) is 5.78. The van der Waals surface area contributed by atoms with Gasteiger partial charge in [0, 0.05) is 25.0 Å². The molecular weight excluding hydrogens is 415 g/mol. The molecule has 2 aliphatic carbocycles. The molecule has 0 radical (unpaired) electrons. The van der Waals surface area contributed by atoms with E-state index in [1.165, 1.54) is 28.4 Å². The number of alkyl halides is 3. The lowest BCUT2D eigenvalue weighted by Gasteiger charge is -2.39. The average Bonchev–Trinajstić information content (AvgIpc) is 3.18. The van der Waals surface area contributed by atoms with Gasteiger partial charge in [0.15, 0.2) is 5.69 Å². The van der Waals surface area contributed by atoms with E-state index in [1.807, 2.05) is 0 Å². The van der Waals surface area contributed by atoms with Gasteiger partial charge in [-0.1, -0.05) is 6.42 Å². The van der Waals surface area contributed by atoms with Crippen molar-refractivity contribution in [3.63, 3.8) is 0 Å². The zero-order valence-electron chi connectivity index (χ0n) is 16.2. The summed E-state index contributed by atoms with van der Waals surface area (Å²) in [6.45, 7) is 0.732. The van der Waals surface area contributed by atoms with Crippen LogP contribution in [0.1, 0.15) is 48.2 Å². The fraction of sp³-hybridized carbons (Fsp3) is 0.571. The first-order valence-electron chi connectivity index (χ1n) is 10.4. The van der Waals surface area contributed by atoms with Crippen LogP contribution in [0.25, 0.3) is 10.2 Å². The van der Waals surface area contributed by atoms with Crippen molar-refractivity contribution in [1.29, 1.82) is 0 Å². The molecule has 9 heteroatoms. The third-order valence-corrected chi connectivity index (χ3v) is 7.69. The highest BCUT2D eigenvalue weighted by atomic mass is 32.1. The summed E-state index contributed by atoms with van der Waals surface area (Å²) in [6, 6.07) is 2.87. The Morgan fingerprint density at radius 3 is 2.43 bits per heavy atom. The topological polar surface area (TPSA) is 62.3 Å². The number of aromatic nitrogens is 1. The molecule has 2 aromatic heterocycles. The summed E-state index contributed by atoms with van der Waals surface area (Å²) in [7, 11) is 0. The molecule has 0 spiro atoms. The molecule has 160 valence electrons. The molecule has 3 atom stereocenters. The van der Waals surface area contributed by atoms with E-state index in [0.717, 1.165) is 32.1 Å². The van der Waals surface area contributed by atoms with Gasteiger partial charge in [0.2, 0.25) is 5.91 Å². The molecule has 1 saturated heterocycles. The van der Waals surface area contributed by atoms with E-state index in [0.29, 0.717) is 17.8 Å². The van der Waals surface area contributed by atoms with Crippen LogP contribution in [0.15, 0.2) is 17.5 Å². The normalized spacial score (nSPS) is 26.6. The highest BCUT2D eigenvalue weighted by molar-refractivity contribution is 7.17. The van der Waals surface area contributed by atoms with Gasteiger partial charge in [0.05, 0.1) is 15.8 Å². The summed E-state index contributed by atoms with van der Waals surface area (Å²) >= 11 is 1.27. The minimum absolute atomic E-state index is 0.0159. The van der Waals surface area contributed by atoms with E-state index in [1.54, 1.807) is 5.38 Å². The van der Waals surface area contributed by atoms with Crippen molar-refractivity contribution in [2.75, 3.05) is 13.1 Å². The quantitative estimate of drug-likeness (QED) is 0.787. The van der Waals surface area contributed by atoms with Gasteiger partial charge in [0.25, 0.3) is 5.91 Å². The molecule has 2 amide bonds. The van der Waals surface area contributed by atoms with Crippen molar-refractivity contribution in [2.24, 2.45) is 17.8 Å². The van der Waals surface area contributed by atoms with Gasteiger partial charge in [-0.05, 0) is 55.0 Å². The number of carbonyl (C=O) groups is 2. The van der Waals surface area contributed by atoms with Crippen LogP contribution < -0.4 is 5.32 Å². The number of carbonyl (C=O) groups excluding carboxylic acids is 2. The van der Waals surface area contributed by atoms with Crippen molar-refractivity contribution < 1.29 is 22.8 Å². The number of nitrogens with zero attached hydrogens (tertiary/aromatic N) is 2. The molecule has 1 N–H and O–H groups in total. The third kappa shape index (κ3) is 3.36. The number of hydrogen-bond acceptors (Lipinski definition) is 4. The summed E-state index contributed by atoms with van der Waals surface area (Å²) in [4.78, 5) is 30.8. The summed E-state index contributed by atoms with van der Waals surface area (Å²) in [5.41, 5.74) is -1.25. The molecular formula is C21H22F3N3O2S. The van der Waals surface area contributed by atoms with Crippen molar-refractivity contribution in [3.05, 3.63) is 28.8 Å². The van der Waals surface area contributed by atoms with E-state index < -0.39 is 17.8 Å². The number of rotatable bonds is 3. The highest BCUT2D eigenvalue weighted by Crippen LogP contribution is 2.40. The Labute approximate surface area is 175 Å². The smallest absolute Gasteiger partial charge is 0.352 e. The number of likely N-dealkylation sites (tertiary alicyclic amines) is 1. The predicted octanol–water partition coefficient (Wildman–Crippen LogP) is 4.08. The van der Waals surface area contributed by atoms with Crippen LogP contribution in [0.4, 0.5) is 13.2 Å². The molecule has 2 bridgehead atoms. The first-order valence-corrected chi connectivity index (χ1v) is 11.2. The average molecular weight is 437 g/mol. The first kappa shape index (κ1) is 19.8. The number of fused-ring (bicyclic) bond motifs is 3. The monoisotopic (exact) mass is 437 g/mol. The van der Waals surface area contributed by atoms with Crippen molar-refractivity contribution in [3.8, 4) is 0 Å². The molecule has 1 unspecified atom stereocenters. The lowest BCUT2D eigenvalue weighted by Crippen LogP contribution is -2.55. The molecule has 2 saturated carbocycles. The molecule has 3 fully saturated rings. The summed E-state index contributed by atoms with van der Waals surface area (Å²) in [5.74, 6) is -0.253. The lowest BCUT2D eigenvalue weighted by molar-refractivity contribution is -0.141. The zero-order valence-corrected chi connectivity index (χ0v) is 17.1. The van der Waals surface area contributed by atoms with E-state index in [9.17, 15) is 22.8 Å². The second-order valence-electron chi connectivity index (χ2n) is 8.66. The Morgan fingerprint density at radius 2 is 1.83 bits per heavy atom. The van der Waals surface area contributed by atoms with Crippen LogP contribution >= 0.6 is 11.3 Å². The number of nitrogens with one attached hydrogen (secondary N) is 1. The Bertz CT molecular complexity index is 987. The van der Waals surface area contributed by atoms with Crippen LogP contribution in [-0.2, 0) is 11.0 Å². The number of thiophene rings is 1. The molecule has 3 heterocycles. The van der Waals surface area contributed by atoms with Gasteiger partial charge < -0.3 is 10.2 Å². The maximum absolute atomic E-state index is 13.6. The van der Waals surface area contributed by atoms with Crippen LogP contribution in [0.3, 0.4) is 0 Å². The van der Waals surface area contributed by atoms with Crippen LogP contribution in [0.2, 0.25) is 0 Å². The summed E-state index contributed by atoms with van der Waals surface area (Å²) in [5, 5.41) is 4.84. The fourth-order valence-electron chi connectivity index (χ4n) is 5.02. The number of amides is 2. The Kier molecular flexibility index (Phi) is 4.76. The van der Waals surface area contributed by atoms with Gasteiger partial charge in [-0.25, -0.2) is 4.98 Å². The van der Waals surface area contributed by atoms with Gasteiger partial charge in [0.1, 0.15) is 0 Å². The van der Waals surface area contributed by atoms with Crippen molar-refractivity contribution >= 4 is 33.4 Å². The second-order valence-corrected chi connectivity index (χ2v) is 9.60. The molecule has 5 rings (SSSR count). The lowest BCUT2D eigenvalue weighted by atomic mass is 9.83. The second kappa shape index (κ2) is 7.21. The largest absolute Gasteiger partial charge is 0.434 e. The van der Waals surface area contributed by atoms with Gasteiger partial charge >= 0.3 is 6.18 Å². The van der Waals surface area contributed by atoms with Gasteiger partial charge in [-0.15, -0.1) is 11.3 Å². The van der Waals surface area contributed by atoms with Gasteiger partial charge in [-0.3, -0.25) is 9.59 Å². The predicted molar refractivity (Wildman–Crippen MR) is 106 cm³/mol. The summed E-state index contributed by atoms with van der Waals surface area (Å²) in [6.07, 6.45) is -0.0121. The number of pyridine rings is 1. The molecule has 0 aromatic carbocycles. The van der Waals surface area contributed by atoms with Crippen molar-refractivity contribution in [2.45, 2.75) is 44.3 Å². The van der Waals surface area contributed by atoms with E-state index in [-0.39, 0.29) is 40.8 Å². The first-order chi connectivity index (χ1) is 14.3. The third-order valence-electron chi connectivity index (χ3n) is 6.84. The number of hydrogen-bond donors (Lipinski definition) is 1. The Balaban J connectivity index is 1.37. The van der Waals surface area contributed by atoms with Crippen LogP contribution in [0.5, 0.6) is 0 Å². The van der Waals surface area contributed by atoms with Crippen LogP contribution in [0, 0.1) is 17.8 Å². The minimum atomic E-state index is -4.70. The van der Waals surface area contributed by atoms with E-state index in [4.69, 9.17) is 0 Å². The molecule has 2 aromatic rings. The SMILES string of the molecule is O=C(NC1[C@@H]2CC[C@H]1CN(C(=O)c1cc3sccc3nc1C(F)(F)F)C2)C1CCC1. The molecule has 3 aliphatic rings. The van der Waals surface area contributed by atoms with Gasteiger partial charge in [-0.2, -0.15) is 13.2 Å². The number of piperidine rings is 1. The summed E-state index contributed by atoms with van der Waals surface area (Å²) < 4.78 is 41.4. The van der Waals surface area contributed by atoms with Crippen LogP contribution in [-0.4, -0.2) is 40.8 Å². The highest BCUT2D eigenvalue weighted by Gasteiger charge is 2.46. The van der Waals surface area contributed by atoms with E-state index >= 15 is 0 Å². The Hall–Kier alpha value is -2.16. The maximum atomic E-state index is 13.6. The Morgan fingerprint density at radius 1 is 1.13 bits per heavy atom. The standard InChI is InChI=1S/C21H22F3N3O2S/c22-21(23,24)18-14(8-16-15(25-18)6-7-30-16)20(29)27-9-12-4-5-13(10-27)17(12)26-19(28)11-2-1-3-11/h6-8,11-13,17H,1-5,9-10H2,(H,26,28)/t12-,13+,17?. The molecule has 5 nitrogen and oxygen atoms in total. The maximum Gasteiger partial charge on any atom is 0.434 e. The zero-order chi connectivity index (χ0) is 21.0. The van der Waals surface area contributed by atoms with Crippen molar-refractivity contribution in [1.82, 2.24) is 15.2 Å². The molecule has 1 aliphatic heterocycles. The minimum Gasteiger partial charge on any atom is -0.352 e. The molecule has 30 heavy (non-hydrogen) atoms. The number of halogens is 3.